The molecule has 0 atom stereocenters. The molecule has 1 heterocycles. The van der Waals surface area contributed by atoms with Gasteiger partial charge in [-0.2, -0.15) is 4.58 Å². The Hall–Kier alpha value is -2.35. The van der Waals surface area contributed by atoms with E-state index in [1.165, 1.54) is 28.2 Å². The topological polar surface area (TPSA) is 6.25 Å². The van der Waals surface area contributed by atoms with Crippen molar-refractivity contribution >= 4 is 23.2 Å². The van der Waals surface area contributed by atoms with Crippen LogP contribution in [0.1, 0.15) is 52.7 Å². The van der Waals surface area contributed by atoms with E-state index in [1.807, 2.05) is 0 Å². The first-order valence-electron chi connectivity index (χ1n) is 9.92. The molecular weight excluding hydrogens is 328 g/mol. The summed E-state index contributed by atoms with van der Waals surface area (Å²) in [6, 6.07) is 17.6. The highest BCUT2D eigenvalue weighted by Crippen LogP contribution is 2.42. The fourth-order valence-electron chi connectivity index (χ4n) is 3.95. The van der Waals surface area contributed by atoms with E-state index < -0.39 is 0 Å². The number of rotatable bonds is 4. The van der Waals surface area contributed by atoms with Crippen LogP contribution in [0.2, 0.25) is 0 Å². The SMILES string of the molecule is CCN(C)c1ccc(/C=C/C2=[N+](C(C)(C)C)c3ccccc3C2(C)C)cc1. The zero-order valence-electron chi connectivity index (χ0n) is 17.9. The molecule has 0 bridgehead atoms. The number of hydrogen-bond acceptors (Lipinski definition) is 1. The minimum atomic E-state index is -0.0112. The van der Waals surface area contributed by atoms with Gasteiger partial charge < -0.3 is 4.90 Å². The molecule has 2 aromatic rings. The highest BCUT2D eigenvalue weighted by atomic mass is 15.1. The van der Waals surface area contributed by atoms with E-state index in [9.17, 15) is 0 Å². The summed E-state index contributed by atoms with van der Waals surface area (Å²) in [5, 5.41) is 0. The third-order valence-electron chi connectivity index (χ3n) is 5.61. The molecule has 0 aromatic heterocycles. The Balaban J connectivity index is 2.02. The number of anilines is 1. The van der Waals surface area contributed by atoms with Gasteiger partial charge in [-0.3, -0.25) is 0 Å². The van der Waals surface area contributed by atoms with E-state index in [4.69, 9.17) is 0 Å². The summed E-state index contributed by atoms with van der Waals surface area (Å²) >= 11 is 0. The molecule has 0 aliphatic carbocycles. The third kappa shape index (κ3) is 3.58. The molecule has 0 radical (unpaired) electrons. The number of para-hydroxylation sites is 1. The van der Waals surface area contributed by atoms with Crippen molar-refractivity contribution in [2.24, 2.45) is 0 Å². The molecule has 0 unspecified atom stereocenters. The van der Waals surface area contributed by atoms with Gasteiger partial charge in [-0.05, 0) is 44.5 Å². The molecule has 0 saturated heterocycles. The lowest BCUT2D eigenvalue weighted by Gasteiger charge is -2.19. The lowest BCUT2D eigenvalue weighted by Crippen LogP contribution is -2.35. The van der Waals surface area contributed by atoms with Crippen molar-refractivity contribution in [2.45, 2.75) is 52.5 Å². The molecule has 27 heavy (non-hydrogen) atoms. The first-order valence-corrected chi connectivity index (χ1v) is 9.92. The van der Waals surface area contributed by atoms with E-state index in [0.717, 1.165) is 6.54 Å². The molecule has 0 N–H and O–H groups in total. The number of nitrogens with zero attached hydrogens (tertiary/aromatic N) is 2. The van der Waals surface area contributed by atoms with Crippen molar-refractivity contribution in [1.29, 1.82) is 0 Å². The summed E-state index contributed by atoms with van der Waals surface area (Å²) in [5.41, 5.74) is 6.59. The van der Waals surface area contributed by atoms with Gasteiger partial charge in [0.1, 0.15) is 0 Å². The molecule has 2 aromatic carbocycles. The molecule has 0 saturated carbocycles. The van der Waals surface area contributed by atoms with Crippen LogP contribution in [0.3, 0.4) is 0 Å². The van der Waals surface area contributed by atoms with Gasteiger partial charge in [0.15, 0.2) is 11.3 Å². The third-order valence-corrected chi connectivity index (χ3v) is 5.61. The fraction of sp³-hybridized carbons (Fsp3) is 0.400. The Kier molecular flexibility index (Phi) is 5.03. The number of fused-ring (bicyclic) bond motifs is 1. The van der Waals surface area contributed by atoms with Crippen molar-refractivity contribution in [1.82, 2.24) is 0 Å². The van der Waals surface area contributed by atoms with Gasteiger partial charge in [0.05, 0.1) is 5.41 Å². The number of benzene rings is 2. The van der Waals surface area contributed by atoms with Crippen LogP contribution in [0.25, 0.3) is 6.08 Å². The molecule has 3 rings (SSSR count). The van der Waals surface area contributed by atoms with E-state index in [0.29, 0.717) is 0 Å². The summed E-state index contributed by atoms with van der Waals surface area (Å²) < 4.78 is 2.50. The van der Waals surface area contributed by atoms with E-state index in [-0.39, 0.29) is 11.0 Å². The largest absolute Gasteiger partial charge is 0.375 e. The smallest absolute Gasteiger partial charge is 0.210 e. The average Bonchev–Trinajstić information content (AvgIpc) is 2.87. The molecule has 0 amide bonds. The number of hydrogen-bond donors (Lipinski definition) is 0. The molecule has 0 spiro atoms. The maximum atomic E-state index is 2.50. The highest BCUT2D eigenvalue weighted by molar-refractivity contribution is 6.05. The summed E-state index contributed by atoms with van der Waals surface area (Å²) in [6.45, 7) is 14.7. The first kappa shape index (κ1) is 19.4. The van der Waals surface area contributed by atoms with E-state index in [1.54, 1.807) is 0 Å². The van der Waals surface area contributed by atoms with Crippen molar-refractivity contribution in [3.8, 4) is 0 Å². The summed E-state index contributed by atoms with van der Waals surface area (Å²) in [6.07, 6.45) is 4.56. The Morgan fingerprint density at radius 1 is 0.963 bits per heavy atom. The minimum absolute atomic E-state index is 0.0112. The number of allylic oxidation sites excluding steroid dienone is 1. The predicted octanol–water partition coefficient (Wildman–Crippen LogP) is 6.03. The molecule has 142 valence electrons. The zero-order valence-corrected chi connectivity index (χ0v) is 17.9. The average molecular weight is 362 g/mol. The van der Waals surface area contributed by atoms with Gasteiger partial charge in [0.25, 0.3) is 0 Å². The lowest BCUT2D eigenvalue weighted by molar-refractivity contribution is -0.517. The van der Waals surface area contributed by atoms with Crippen LogP contribution in [0.5, 0.6) is 0 Å². The van der Waals surface area contributed by atoms with E-state index >= 15 is 0 Å². The highest BCUT2D eigenvalue weighted by Gasteiger charge is 2.47. The Labute approximate surface area is 164 Å². The molecular formula is C25H33N2+. The van der Waals surface area contributed by atoms with Crippen molar-refractivity contribution in [2.75, 3.05) is 18.5 Å². The van der Waals surface area contributed by atoms with E-state index in [2.05, 4.69) is 119 Å². The standard InChI is InChI=1S/C25H33N2/c1-8-26(7)20-16-13-19(14-17-20)15-18-23-25(5,6)21-11-9-10-12-22(21)27(23)24(2,3)4/h9-18H,8H2,1-7H3/q+1. The van der Waals surface area contributed by atoms with Crippen molar-refractivity contribution in [3.05, 3.63) is 65.7 Å². The monoisotopic (exact) mass is 361 g/mol. The lowest BCUT2D eigenvalue weighted by atomic mass is 9.81. The molecule has 0 fully saturated rings. The van der Waals surface area contributed by atoms with Gasteiger partial charge in [-0.15, -0.1) is 0 Å². The van der Waals surface area contributed by atoms with Gasteiger partial charge in [0.2, 0.25) is 5.69 Å². The zero-order chi connectivity index (χ0) is 19.8. The van der Waals surface area contributed by atoms with Crippen LogP contribution in [-0.2, 0) is 5.41 Å². The van der Waals surface area contributed by atoms with Gasteiger partial charge in [-0.25, -0.2) is 0 Å². The van der Waals surface area contributed by atoms with Gasteiger partial charge in [-0.1, -0.05) is 30.3 Å². The molecule has 1 aliphatic rings. The van der Waals surface area contributed by atoms with Gasteiger partial charge in [0, 0.05) is 57.8 Å². The molecule has 2 nitrogen and oxygen atoms in total. The van der Waals surface area contributed by atoms with Crippen molar-refractivity contribution < 1.29 is 4.58 Å². The molecule has 2 heteroatoms. The second-order valence-corrected chi connectivity index (χ2v) is 8.97. The van der Waals surface area contributed by atoms with Crippen molar-refractivity contribution in [3.63, 3.8) is 0 Å². The van der Waals surface area contributed by atoms with Crippen LogP contribution >= 0.6 is 0 Å². The van der Waals surface area contributed by atoms with Crippen LogP contribution in [0.4, 0.5) is 11.4 Å². The quantitative estimate of drug-likeness (QED) is 0.603. The first-order chi connectivity index (χ1) is 12.7. The van der Waals surface area contributed by atoms with Crippen LogP contribution in [0, 0.1) is 0 Å². The Bertz CT molecular complexity index is 877. The van der Waals surface area contributed by atoms with Gasteiger partial charge >= 0.3 is 0 Å². The summed E-state index contributed by atoms with van der Waals surface area (Å²) in [4.78, 5) is 2.25. The second-order valence-electron chi connectivity index (χ2n) is 8.97. The van der Waals surface area contributed by atoms with Crippen LogP contribution in [0.15, 0.2) is 54.6 Å². The Morgan fingerprint density at radius 3 is 2.19 bits per heavy atom. The Morgan fingerprint density at radius 2 is 1.59 bits per heavy atom. The van der Waals surface area contributed by atoms with Crippen LogP contribution < -0.4 is 4.90 Å². The minimum Gasteiger partial charge on any atom is -0.375 e. The fourth-order valence-corrected chi connectivity index (χ4v) is 3.95. The second kappa shape index (κ2) is 6.99. The molecule has 1 aliphatic heterocycles. The summed E-state index contributed by atoms with van der Waals surface area (Å²) in [7, 11) is 2.13. The predicted molar refractivity (Wildman–Crippen MR) is 119 cm³/mol. The maximum absolute atomic E-state index is 2.50. The maximum Gasteiger partial charge on any atom is 0.210 e. The summed E-state index contributed by atoms with van der Waals surface area (Å²) in [5.74, 6) is 0. The van der Waals surface area contributed by atoms with Crippen LogP contribution in [-0.4, -0.2) is 29.4 Å². The normalized spacial score (nSPS) is 16.1.